The topological polar surface area (TPSA) is 69.6 Å². The number of carboxylic acid groups (broad SMARTS) is 1. The first kappa shape index (κ1) is 13.2. The van der Waals surface area contributed by atoms with Crippen LogP contribution in [0, 0.1) is 11.8 Å². The van der Waals surface area contributed by atoms with Gasteiger partial charge in [0.05, 0.1) is 13.1 Å². The van der Waals surface area contributed by atoms with Crippen LogP contribution in [0.1, 0.15) is 0 Å². The third-order valence-corrected chi connectivity index (χ3v) is 1.25. The minimum absolute atomic E-state index is 0.219. The molecule has 0 saturated carbocycles. The average molecular weight is 210 g/mol. The van der Waals surface area contributed by atoms with Gasteiger partial charge in [-0.2, -0.15) is 0 Å². The van der Waals surface area contributed by atoms with Gasteiger partial charge < -0.3 is 10.4 Å². The Bertz CT molecular complexity index is 310. The first-order valence-corrected chi connectivity index (χ1v) is 4.31. The van der Waals surface area contributed by atoms with Gasteiger partial charge in [0.2, 0.25) is 5.91 Å². The molecule has 15 heavy (non-hydrogen) atoms. The molecule has 0 rings (SSSR count). The van der Waals surface area contributed by atoms with Crippen molar-refractivity contribution in [2.75, 3.05) is 27.2 Å². The van der Waals surface area contributed by atoms with E-state index in [2.05, 4.69) is 17.2 Å². The van der Waals surface area contributed by atoms with Crippen molar-refractivity contribution in [3.05, 3.63) is 12.2 Å². The van der Waals surface area contributed by atoms with Crippen LogP contribution in [0.5, 0.6) is 0 Å². The lowest BCUT2D eigenvalue weighted by molar-refractivity contribution is -0.131. The molecule has 0 aliphatic carbocycles. The monoisotopic (exact) mass is 210 g/mol. The second kappa shape index (κ2) is 7.59. The summed E-state index contributed by atoms with van der Waals surface area (Å²) in [6.45, 7) is 0.845. The molecule has 1 amide bonds. The summed E-state index contributed by atoms with van der Waals surface area (Å²) in [5.41, 5.74) is 0. The molecule has 0 unspecified atom stereocenters. The zero-order valence-electron chi connectivity index (χ0n) is 8.78. The van der Waals surface area contributed by atoms with Crippen molar-refractivity contribution in [3.8, 4) is 11.8 Å². The second-order valence-corrected chi connectivity index (χ2v) is 2.98. The minimum Gasteiger partial charge on any atom is -0.478 e. The predicted molar refractivity (Wildman–Crippen MR) is 56.1 cm³/mol. The normalized spacial score (nSPS) is 9.80. The van der Waals surface area contributed by atoms with Crippen LogP contribution in [-0.2, 0) is 9.59 Å². The molecule has 0 aromatic rings. The molecule has 5 nitrogen and oxygen atoms in total. The van der Waals surface area contributed by atoms with Crippen LogP contribution in [-0.4, -0.2) is 49.1 Å². The molecule has 0 aromatic carbocycles. The van der Waals surface area contributed by atoms with E-state index < -0.39 is 11.9 Å². The SMILES string of the molecule is CN(C)CC#CCNC(=O)C=CC(=O)O. The molecule has 0 saturated heterocycles. The van der Waals surface area contributed by atoms with Crippen molar-refractivity contribution < 1.29 is 14.7 Å². The summed E-state index contributed by atoms with van der Waals surface area (Å²) in [7, 11) is 3.78. The molecule has 5 heteroatoms. The van der Waals surface area contributed by atoms with E-state index in [-0.39, 0.29) is 6.54 Å². The molecule has 0 aliphatic rings. The summed E-state index contributed by atoms with van der Waals surface area (Å²) in [5, 5.41) is 10.7. The predicted octanol–water partition coefficient (Wildman–Crippen LogP) is -0.692. The number of aliphatic carboxylic acids is 1. The van der Waals surface area contributed by atoms with Gasteiger partial charge in [-0.25, -0.2) is 4.79 Å². The number of hydrogen-bond donors (Lipinski definition) is 2. The Kier molecular flexibility index (Phi) is 6.68. The number of amides is 1. The van der Waals surface area contributed by atoms with E-state index >= 15 is 0 Å². The van der Waals surface area contributed by atoms with Crippen LogP contribution in [0.2, 0.25) is 0 Å². The quantitative estimate of drug-likeness (QED) is 0.476. The Morgan fingerprint density at radius 1 is 1.33 bits per heavy atom. The summed E-state index contributed by atoms with van der Waals surface area (Å²) in [6, 6.07) is 0. The standard InChI is InChI=1S/C10H14N2O3/c1-12(2)8-4-3-7-11-9(13)5-6-10(14)15/h5-6H,7-8H2,1-2H3,(H,11,13)(H,14,15). The minimum atomic E-state index is -1.15. The first-order chi connectivity index (χ1) is 7.02. The van der Waals surface area contributed by atoms with Gasteiger partial charge in [0.1, 0.15) is 0 Å². The fraction of sp³-hybridized carbons (Fsp3) is 0.400. The zero-order valence-corrected chi connectivity index (χ0v) is 8.78. The Balaban J connectivity index is 3.71. The fourth-order valence-corrected chi connectivity index (χ4v) is 0.614. The average Bonchev–Trinajstić information content (AvgIpc) is 2.13. The van der Waals surface area contributed by atoms with Gasteiger partial charge in [0, 0.05) is 12.2 Å². The Labute approximate surface area is 88.8 Å². The van der Waals surface area contributed by atoms with Gasteiger partial charge in [-0.1, -0.05) is 11.8 Å². The molecule has 0 aromatic heterocycles. The number of nitrogens with zero attached hydrogens (tertiary/aromatic N) is 1. The van der Waals surface area contributed by atoms with E-state index in [1.807, 2.05) is 19.0 Å². The molecular formula is C10H14N2O3. The van der Waals surface area contributed by atoms with E-state index in [1.165, 1.54) is 0 Å². The van der Waals surface area contributed by atoms with Crippen LogP contribution < -0.4 is 5.32 Å². The number of rotatable bonds is 4. The summed E-state index contributed by atoms with van der Waals surface area (Å²) < 4.78 is 0. The highest BCUT2D eigenvalue weighted by atomic mass is 16.4. The lowest BCUT2D eigenvalue weighted by Gasteiger charge is -2.00. The van der Waals surface area contributed by atoms with Crippen molar-refractivity contribution in [3.63, 3.8) is 0 Å². The molecule has 0 aliphatic heterocycles. The second-order valence-electron chi connectivity index (χ2n) is 2.98. The lowest BCUT2D eigenvalue weighted by atomic mass is 10.4. The van der Waals surface area contributed by atoms with Gasteiger partial charge in [0.25, 0.3) is 0 Å². The van der Waals surface area contributed by atoms with Gasteiger partial charge in [0.15, 0.2) is 0 Å². The van der Waals surface area contributed by atoms with E-state index in [0.717, 1.165) is 12.2 Å². The molecule has 82 valence electrons. The Morgan fingerprint density at radius 2 is 2.00 bits per heavy atom. The summed E-state index contributed by atoms with van der Waals surface area (Å²) >= 11 is 0. The van der Waals surface area contributed by atoms with E-state index in [0.29, 0.717) is 6.54 Å². The van der Waals surface area contributed by atoms with E-state index in [1.54, 1.807) is 0 Å². The molecule has 2 N–H and O–H groups in total. The molecule has 0 fully saturated rings. The zero-order chi connectivity index (χ0) is 11.7. The fourth-order valence-electron chi connectivity index (χ4n) is 0.614. The van der Waals surface area contributed by atoms with Crippen LogP contribution in [0.3, 0.4) is 0 Å². The highest BCUT2D eigenvalue weighted by Crippen LogP contribution is 1.74. The third-order valence-electron chi connectivity index (χ3n) is 1.25. The maximum absolute atomic E-state index is 10.9. The molecule has 0 radical (unpaired) electrons. The van der Waals surface area contributed by atoms with Crippen LogP contribution >= 0.6 is 0 Å². The van der Waals surface area contributed by atoms with Crippen LogP contribution in [0.15, 0.2) is 12.2 Å². The van der Waals surface area contributed by atoms with Gasteiger partial charge >= 0.3 is 5.97 Å². The third kappa shape index (κ3) is 10.1. The number of hydrogen-bond acceptors (Lipinski definition) is 3. The summed E-state index contributed by atoms with van der Waals surface area (Å²) in [6.07, 6.45) is 1.73. The summed E-state index contributed by atoms with van der Waals surface area (Å²) in [5.74, 6) is 3.95. The van der Waals surface area contributed by atoms with Crippen LogP contribution in [0.25, 0.3) is 0 Å². The highest BCUT2D eigenvalue weighted by molar-refractivity contribution is 5.93. The van der Waals surface area contributed by atoms with Crippen molar-refractivity contribution in [1.29, 1.82) is 0 Å². The number of carbonyl (C=O) groups excluding carboxylic acids is 1. The van der Waals surface area contributed by atoms with Crippen molar-refractivity contribution >= 4 is 11.9 Å². The first-order valence-electron chi connectivity index (χ1n) is 4.31. The van der Waals surface area contributed by atoms with Crippen molar-refractivity contribution in [1.82, 2.24) is 10.2 Å². The lowest BCUT2D eigenvalue weighted by Crippen LogP contribution is -2.21. The molecular weight excluding hydrogens is 196 g/mol. The number of nitrogens with one attached hydrogen (secondary N) is 1. The van der Waals surface area contributed by atoms with Gasteiger partial charge in [-0.3, -0.25) is 9.69 Å². The highest BCUT2D eigenvalue weighted by Gasteiger charge is 1.93. The molecule has 0 atom stereocenters. The Hall–Kier alpha value is -1.80. The Morgan fingerprint density at radius 3 is 2.53 bits per heavy atom. The smallest absolute Gasteiger partial charge is 0.328 e. The maximum Gasteiger partial charge on any atom is 0.328 e. The summed E-state index contributed by atoms with van der Waals surface area (Å²) in [4.78, 5) is 22.9. The molecule has 0 spiro atoms. The van der Waals surface area contributed by atoms with E-state index in [4.69, 9.17) is 5.11 Å². The number of carboxylic acids is 1. The van der Waals surface area contributed by atoms with Gasteiger partial charge in [-0.15, -0.1) is 0 Å². The molecule has 0 heterocycles. The number of carbonyl (C=O) groups is 2. The van der Waals surface area contributed by atoms with Crippen molar-refractivity contribution in [2.45, 2.75) is 0 Å². The maximum atomic E-state index is 10.9. The largest absolute Gasteiger partial charge is 0.478 e. The molecule has 0 bridgehead atoms. The van der Waals surface area contributed by atoms with Crippen LogP contribution in [0.4, 0.5) is 0 Å². The van der Waals surface area contributed by atoms with E-state index in [9.17, 15) is 9.59 Å². The van der Waals surface area contributed by atoms with Gasteiger partial charge in [-0.05, 0) is 14.1 Å². The van der Waals surface area contributed by atoms with Crippen molar-refractivity contribution in [2.24, 2.45) is 0 Å².